The molecule has 1 saturated heterocycles. The zero-order chi connectivity index (χ0) is 25.3. The Hall–Kier alpha value is -4.14. The number of benzene rings is 2. The van der Waals surface area contributed by atoms with Crippen LogP contribution in [0.15, 0.2) is 54.7 Å². The largest absolute Gasteiger partial charge is 0.417 e. The molecule has 0 radical (unpaired) electrons. The van der Waals surface area contributed by atoms with E-state index in [9.17, 15) is 18.3 Å². The normalized spacial score (nSPS) is 15.0. The molecule has 1 unspecified atom stereocenters. The Labute approximate surface area is 204 Å². The first-order valence-electron chi connectivity index (χ1n) is 11.3. The Morgan fingerprint density at radius 2 is 1.92 bits per heavy atom. The Balaban J connectivity index is 1.41. The number of anilines is 2. The summed E-state index contributed by atoms with van der Waals surface area (Å²) in [4.78, 5) is 14.6. The Morgan fingerprint density at radius 1 is 1.11 bits per heavy atom. The van der Waals surface area contributed by atoms with Crippen molar-refractivity contribution < 1.29 is 18.3 Å². The smallest absolute Gasteiger partial charge is 0.369 e. The van der Waals surface area contributed by atoms with Gasteiger partial charge in [0.05, 0.1) is 28.2 Å². The number of aromatic amines is 1. The van der Waals surface area contributed by atoms with Gasteiger partial charge in [0.25, 0.3) is 0 Å². The third kappa shape index (κ3) is 4.68. The van der Waals surface area contributed by atoms with Gasteiger partial charge in [0.1, 0.15) is 11.6 Å². The summed E-state index contributed by atoms with van der Waals surface area (Å²) in [5.74, 6) is 1.44. The lowest BCUT2D eigenvalue weighted by Crippen LogP contribution is -2.43. The lowest BCUT2D eigenvalue weighted by atomic mass is 10.1. The number of nitriles is 1. The molecule has 11 heteroatoms. The molecule has 4 N–H and O–H groups in total. The lowest BCUT2D eigenvalue weighted by Gasteiger charge is -2.28. The maximum atomic E-state index is 13.3. The monoisotopic (exact) mass is 493 g/mol. The van der Waals surface area contributed by atoms with Crippen LogP contribution in [0, 0.1) is 11.3 Å². The van der Waals surface area contributed by atoms with Crippen molar-refractivity contribution in [2.75, 3.05) is 36.4 Å². The lowest BCUT2D eigenvalue weighted by molar-refractivity contribution is -0.137. The molecule has 1 aliphatic heterocycles. The number of alkyl halides is 3. The van der Waals surface area contributed by atoms with Gasteiger partial charge in [-0.1, -0.05) is 12.1 Å². The first-order valence-corrected chi connectivity index (χ1v) is 11.3. The number of para-hydroxylation sites is 1. The second kappa shape index (κ2) is 9.49. The van der Waals surface area contributed by atoms with E-state index in [0.29, 0.717) is 22.4 Å². The van der Waals surface area contributed by atoms with Gasteiger partial charge in [-0.3, -0.25) is 0 Å². The van der Waals surface area contributed by atoms with Crippen LogP contribution in [0.2, 0.25) is 0 Å². The molecule has 4 aromatic rings. The zero-order valence-electron chi connectivity index (χ0n) is 19.0. The topological polar surface area (TPSA) is 113 Å². The van der Waals surface area contributed by atoms with Crippen LogP contribution in [0.3, 0.4) is 0 Å². The first kappa shape index (κ1) is 23.6. The predicted octanol–water partition coefficient (Wildman–Crippen LogP) is 4.03. The minimum absolute atomic E-state index is 0.0225. The number of nitrogens with zero attached hydrogens (tertiary/aromatic N) is 4. The number of piperazine rings is 1. The van der Waals surface area contributed by atoms with Gasteiger partial charge in [0.2, 0.25) is 0 Å². The number of hydrogen-bond acceptors (Lipinski definition) is 7. The van der Waals surface area contributed by atoms with Crippen LogP contribution in [0.25, 0.3) is 22.4 Å². The van der Waals surface area contributed by atoms with E-state index in [1.807, 2.05) is 12.1 Å². The fourth-order valence-electron chi connectivity index (χ4n) is 4.22. The van der Waals surface area contributed by atoms with Gasteiger partial charge < -0.3 is 25.6 Å². The molecule has 1 aliphatic rings. The number of nitrogens with one attached hydrogen (secondary N) is 3. The highest BCUT2D eigenvalue weighted by molar-refractivity contribution is 5.83. The van der Waals surface area contributed by atoms with E-state index >= 15 is 0 Å². The third-order valence-corrected chi connectivity index (χ3v) is 6.05. The Bertz CT molecular complexity index is 1420. The van der Waals surface area contributed by atoms with Crippen LogP contribution < -0.4 is 15.5 Å². The highest BCUT2D eigenvalue weighted by atomic mass is 19.4. The quantitative estimate of drug-likeness (QED) is 0.311. The number of pyridine rings is 1. The van der Waals surface area contributed by atoms with Crippen molar-refractivity contribution in [3.8, 4) is 17.5 Å². The fraction of sp³-hybridized carbons (Fsp3) is 0.240. The number of halogens is 3. The average molecular weight is 493 g/mol. The van der Waals surface area contributed by atoms with E-state index in [0.717, 1.165) is 49.7 Å². The SMILES string of the molecule is N#Cc1ccc(NC(O)c2cccc3[nH]c(-c4ccc(N5CCNCC5)nc4)nc23)cc1C(F)(F)F. The van der Waals surface area contributed by atoms with Gasteiger partial charge >= 0.3 is 6.18 Å². The summed E-state index contributed by atoms with van der Waals surface area (Å²) < 4.78 is 39.9. The number of hydrogen-bond donors (Lipinski definition) is 4. The molecule has 0 amide bonds. The second-order valence-corrected chi connectivity index (χ2v) is 8.39. The maximum Gasteiger partial charge on any atom is 0.417 e. The Morgan fingerprint density at radius 3 is 2.61 bits per heavy atom. The van der Waals surface area contributed by atoms with E-state index in [1.165, 1.54) is 6.07 Å². The number of aliphatic hydroxyl groups is 1. The van der Waals surface area contributed by atoms with Gasteiger partial charge in [-0.05, 0) is 36.4 Å². The number of imidazole rings is 1. The molecule has 1 fully saturated rings. The first-order chi connectivity index (χ1) is 17.3. The van der Waals surface area contributed by atoms with Crippen molar-refractivity contribution in [2.24, 2.45) is 0 Å². The minimum atomic E-state index is -4.70. The van der Waals surface area contributed by atoms with E-state index in [-0.39, 0.29) is 5.69 Å². The summed E-state index contributed by atoms with van der Waals surface area (Å²) in [7, 11) is 0. The van der Waals surface area contributed by atoms with Crippen LogP contribution in [0.4, 0.5) is 24.7 Å². The average Bonchev–Trinajstić information content (AvgIpc) is 3.33. The van der Waals surface area contributed by atoms with E-state index < -0.39 is 23.5 Å². The molecule has 0 spiro atoms. The molecule has 3 heterocycles. The number of H-pyrrole nitrogens is 1. The molecule has 0 saturated carbocycles. The molecule has 5 rings (SSSR count). The van der Waals surface area contributed by atoms with Crippen LogP contribution >= 0.6 is 0 Å². The molecule has 2 aromatic heterocycles. The molecule has 1 atom stereocenters. The van der Waals surface area contributed by atoms with Gasteiger partial charge in [-0.25, -0.2) is 9.97 Å². The highest BCUT2D eigenvalue weighted by Crippen LogP contribution is 2.35. The van der Waals surface area contributed by atoms with Gasteiger partial charge in [-0.15, -0.1) is 0 Å². The standard InChI is InChI=1S/C25H22F3N7O/c26-25(27,28)19-12-17(6-4-15(19)13-29)32-24(36)18-2-1-3-20-22(18)34-23(33-20)16-5-7-21(31-14-16)35-10-8-30-9-11-35/h1-7,12,14,24,30,32,36H,8-11H2,(H,33,34). The number of aliphatic hydroxyl groups excluding tert-OH is 1. The summed E-state index contributed by atoms with van der Waals surface area (Å²) in [5, 5.41) is 25.8. The Kier molecular flexibility index (Phi) is 6.22. The minimum Gasteiger partial charge on any atom is -0.369 e. The molecular formula is C25H22F3N7O. The predicted molar refractivity (Wildman–Crippen MR) is 129 cm³/mol. The van der Waals surface area contributed by atoms with E-state index in [4.69, 9.17) is 5.26 Å². The van der Waals surface area contributed by atoms with Gasteiger partial charge in [-0.2, -0.15) is 18.4 Å². The zero-order valence-corrected chi connectivity index (χ0v) is 19.0. The van der Waals surface area contributed by atoms with Crippen molar-refractivity contribution >= 4 is 22.5 Å². The molecule has 2 aromatic carbocycles. The summed E-state index contributed by atoms with van der Waals surface area (Å²) in [6.07, 6.45) is -4.30. The van der Waals surface area contributed by atoms with E-state index in [2.05, 4.69) is 30.5 Å². The van der Waals surface area contributed by atoms with Crippen molar-refractivity contribution in [3.63, 3.8) is 0 Å². The fourth-order valence-corrected chi connectivity index (χ4v) is 4.22. The number of rotatable bonds is 5. The molecule has 8 nitrogen and oxygen atoms in total. The van der Waals surface area contributed by atoms with Crippen molar-refractivity contribution in [3.05, 3.63) is 71.4 Å². The number of fused-ring (bicyclic) bond motifs is 1. The van der Waals surface area contributed by atoms with Crippen LogP contribution in [-0.2, 0) is 6.18 Å². The van der Waals surface area contributed by atoms with Crippen LogP contribution in [0.1, 0.15) is 22.9 Å². The second-order valence-electron chi connectivity index (χ2n) is 8.39. The van der Waals surface area contributed by atoms with Crippen molar-refractivity contribution in [1.29, 1.82) is 5.26 Å². The van der Waals surface area contributed by atoms with E-state index in [1.54, 1.807) is 30.5 Å². The maximum absolute atomic E-state index is 13.3. The van der Waals surface area contributed by atoms with Gasteiger partial charge in [0, 0.05) is 49.2 Å². The third-order valence-electron chi connectivity index (χ3n) is 6.05. The van der Waals surface area contributed by atoms with Crippen molar-refractivity contribution in [2.45, 2.75) is 12.4 Å². The molecule has 0 bridgehead atoms. The summed E-state index contributed by atoms with van der Waals surface area (Å²) in [6, 6.07) is 13.8. The molecule has 36 heavy (non-hydrogen) atoms. The molecule has 184 valence electrons. The molecule has 0 aliphatic carbocycles. The van der Waals surface area contributed by atoms with Crippen LogP contribution in [-0.4, -0.2) is 46.2 Å². The van der Waals surface area contributed by atoms with Crippen LogP contribution in [0.5, 0.6) is 0 Å². The molecular weight excluding hydrogens is 471 g/mol. The summed E-state index contributed by atoms with van der Waals surface area (Å²) >= 11 is 0. The van der Waals surface area contributed by atoms with Crippen molar-refractivity contribution in [1.82, 2.24) is 20.3 Å². The summed E-state index contributed by atoms with van der Waals surface area (Å²) in [5.41, 5.74) is 0.749. The van der Waals surface area contributed by atoms with Gasteiger partial charge in [0.15, 0.2) is 6.23 Å². The highest BCUT2D eigenvalue weighted by Gasteiger charge is 2.34. The summed E-state index contributed by atoms with van der Waals surface area (Å²) in [6.45, 7) is 3.59. The number of aromatic nitrogens is 3.